The van der Waals surface area contributed by atoms with Gasteiger partial charge in [-0.15, -0.1) is 21.5 Å². The molecule has 0 radical (unpaired) electrons. The quantitative estimate of drug-likeness (QED) is 0.860. The third-order valence-electron chi connectivity index (χ3n) is 2.73. The van der Waals surface area contributed by atoms with E-state index in [4.69, 9.17) is 0 Å². The lowest BCUT2D eigenvalue weighted by Gasteiger charge is -2.07. The summed E-state index contributed by atoms with van der Waals surface area (Å²) in [6.07, 6.45) is 2.45. The molecule has 2 aromatic rings. The van der Waals surface area contributed by atoms with Gasteiger partial charge in [0.1, 0.15) is 5.51 Å². The van der Waals surface area contributed by atoms with Crippen LogP contribution in [0.2, 0.25) is 0 Å². The van der Waals surface area contributed by atoms with Crippen molar-refractivity contribution in [3.63, 3.8) is 0 Å². The van der Waals surface area contributed by atoms with E-state index in [1.165, 1.54) is 47.3 Å². The summed E-state index contributed by atoms with van der Waals surface area (Å²) in [5.74, 6) is 0.576. The maximum atomic E-state index is 12.0. The number of hydrogen-bond donors (Lipinski definition) is 1. The van der Waals surface area contributed by atoms with Crippen LogP contribution in [0.15, 0.2) is 15.2 Å². The third kappa shape index (κ3) is 3.31. The molecule has 0 saturated heterocycles. The maximum Gasteiger partial charge on any atom is 0.239 e. The van der Waals surface area contributed by atoms with Crippen LogP contribution in [0.3, 0.4) is 0 Å². The van der Waals surface area contributed by atoms with Gasteiger partial charge in [0.05, 0.1) is 10.9 Å². The normalized spacial score (nSPS) is 16.3. The largest absolute Gasteiger partial charge is 0.301 e. The highest BCUT2D eigenvalue weighted by Crippen LogP contribution is 2.40. The fourth-order valence-electron chi connectivity index (χ4n) is 1.54. The molecule has 0 spiro atoms. The molecule has 0 aromatic carbocycles. The molecule has 100 valence electrons. The van der Waals surface area contributed by atoms with Gasteiger partial charge < -0.3 is 5.32 Å². The van der Waals surface area contributed by atoms with Crippen molar-refractivity contribution >= 4 is 45.5 Å². The molecule has 3 rings (SSSR count). The van der Waals surface area contributed by atoms with E-state index in [0.717, 1.165) is 10.0 Å². The van der Waals surface area contributed by atoms with Crippen molar-refractivity contribution in [1.82, 2.24) is 15.2 Å². The van der Waals surface area contributed by atoms with E-state index < -0.39 is 0 Å². The van der Waals surface area contributed by atoms with Crippen LogP contribution in [0.5, 0.6) is 0 Å². The summed E-state index contributed by atoms with van der Waals surface area (Å²) in [6.45, 7) is 1.86. The van der Waals surface area contributed by atoms with E-state index in [-0.39, 0.29) is 11.2 Å². The van der Waals surface area contributed by atoms with Crippen LogP contribution in [-0.2, 0) is 4.79 Å². The van der Waals surface area contributed by atoms with Crippen LogP contribution < -0.4 is 5.32 Å². The zero-order chi connectivity index (χ0) is 13.2. The van der Waals surface area contributed by atoms with Gasteiger partial charge in [0, 0.05) is 11.3 Å². The van der Waals surface area contributed by atoms with E-state index in [0.29, 0.717) is 11.0 Å². The zero-order valence-electron chi connectivity index (χ0n) is 10.2. The lowest BCUT2D eigenvalue weighted by atomic mass is 10.3. The summed E-state index contributed by atoms with van der Waals surface area (Å²) in [7, 11) is 0. The second kappa shape index (κ2) is 5.56. The maximum absolute atomic E-state index is 12.0. The molecule has 0 bridgehead atoms. The molecular weight excluding hydrogens is 300 g/mol. The summed E-state index contributed by atoms with van der Waals surface area (Å²) in [5, 5.41) is 13.1. The van der Waals surface area contributed by atoms with E-state index in [2.05, 4.69) is 20.5 Å². The van der Waals surface area contributed by atoms with Gasteiger partial charge in [-0.3, -0.25) is 4.79 Å². The molecule has 2 heterocycles. The van der Waals surface area contributed by atoms with Crippen molar-refractivity contribution in [3.05, 3.63) is 16.6 Å². The average Bonchev–Trinajstić information content (AvgIpc) is 2.92. The molecular formula is C11H12N4OS3. The number of thiazole rings is 1. The summed E-state index contributed by atoms with van der Waals surface area (Å²) in [6, 6.07) is 0. The predicted molar refractivity (Wildman–Crippen MR) is 77.9 cm³/mol. The predicted octanol–water partition coefficient (Wildman–Crippen LogP) is 2.99. The van der Waals surface area contributed by atoms with Gasteiger partial charge >= 0.3 is 0 Å². The van der Waals surface area contributed by atoms with Crippen LogP contribution in [0.4, 0.5) is 5.13 Å². The minimum absolute atomic E-state index is 0.0445. The standard InChI is InChI=1S/C11H12N4OS3/c1-6(19-11-15-12-5-18-11)9(16)14-10-13-8(4-17-10)7-2-3-7/h4-7H,2-3H2,1H3,(H,13,14,16)/t6-/m0/s1. The molecule has 0 aliphatic heterocycles. The lowest BCUT2D eigenvalue weighted by Crippen LogP contribution is -2.22. The van der Waals surface area contributed by atoms with Crippen LogP contribution in [0.1, 0.15) is 31.4 Å². The van der Waals surface area contributed by atoms with Gasteiger partial charge in [-0.1, -0.05) is 23.1 Å². The van der Waals surface area contributed by atoms with Gasteiger partial charge in [-0.05, 0) is 19.8 Å². The molecule has 0 unspecified atom stereocenters. The molecule has 1 aliphatic rings. The molecule has 1 N–H and O–H groups in total. The number of anilines is 1. The summed E-state index contributed by atoms with van der Waals surface area (Å²) >= 11 is 4.35. The Bertz CT molecular complexity index is 564. The Labute approximate surface area is 122 Å². The average molecular weight is 312 g/mol. The Hall–Kier alpha value is -0.990. The van der Waals surface area contributed by atoms with E-state index >= 15 is 0 Å². The zero-order valence-corrected chi connectivity index (χ0v) is 12.6. The molecule has 1 saturated carbocycles. The van der Waals surface area contributed by atoms with Gasteiger partial charge in [0.2, 0.25) is 5.91 Å². The molecule has 1 fully saturated rings. The summed E-state index contributed by atoms with van der Waals surface area (Å²) in [5.41, 5.74) is 2.78. The fraction of sp³-hybridized carbons (Fsp3) is 0.455. The first-order chi connectivity index (χ1) is 9.22. The fourth-order valence-corrected chi connectivity index (χ4v) is 3.96. The van der Waals surface area contributed by atoms with E-state index in [1.54, 1.807) is 5.51 Å². The number of aromatic nitrogens is 3. The SMILES string of the molecule is C[C@H](Sc1nncs1)C(=O)Nc1nc(C2CC2)cs1. The molecule has 1 aliphatic carbocycles. The van der Waals surface area contributed by atoms with E-state index in [9.17, 15) is 4.79 Å². The molecule has 1 amide bonds. The molecule has 2 aromatic heterocycles. The minimum Gasteiger partial charge on any atom is -0.301 e. The molecule has 19 heavy (non-hydrogen) atoms. The third-order valence-corrected chi connectivity index (χ3v) is 5.42. The van der Waals surface area contributed by atoms with Crippen molar-refractivity contribution in [2.45, 2.75) is 35.3 Å². The Morgan fingerprint density at radius 1 is 1.53 bits per heavy atom. The summed E-state index contributed by atoms with van der Waals surface area (Å²) < 4.78 is 0.806. The number of rotatable bonds is 5. The number of amides is 1. The highest BCUT2D eigenvalue weighted by molar-refractivity contribution is 8.02. The van der Waals surface area contributed by atoms with Gasteiger partial charge in [-0.25, -0.2) is 4.98 Å². The number of hydrogen-bond acceptors (Lipinski definition) is 7. The number of carbonyl (C=O) groups is 1. The first-order valence-corrected chi connectivity index (χ1v) is 8.55. The highest BCUT2D eigenvalue weighted by atomic mass is 32.2. The summed E-state index contributed by atoms with van der Waals surface area (Å²) in [4.78, 5) is 16.5. The molecule has 1 atom stereocenters. The number of carbonyl (C=O) groups excluding carboxylic acids is 1. The Balaban J connectivity index is 1.57. The molecule has 5 nitrogen and oxygen atoms in total. The van der Waals surface area contributed by atoms with Crippen LogP contribution in [-0.4, -0.2) is 26.3 Å². The number of nitrogens with one attached hydrogen (secondary N) is 1. The first-order valence-electron chi connectivity index (χ1n) is 5.91. The van der Waals surface area contributed by atoms with E-state index in [1.807, 2.05) is 12.3 Å². The van der Waals surface area contributed by atoms with Gasteiger partial charge in [-0.2, -0.15) is 0 Å². The van der Waals surface area contributed by atoms with Crippen molar-refractivity contribution in [2.75, 3.05) is 5.32 Å². The second-order valence-corrected chi connectivity index (χ2v) is 7.59. The second-order valence-electron chi connectivity index (χ2n) is 4.31. The number of thioether (sulfide) groups is 1. The van der Waals surface area contributed by atoms with Crippen LogP contribution in [0, 0.1) is 0 Å². The highest BCUT2D eigenvalue weighted by Gasteiger charge is 2.26. The van der Waals surface area contributed by atoms with Crippen molar-refractivity contribution in [1.29, 1.82) is 0 Å². The molecule has 8 heteroatoms. The lowest BCUT2D eigenvalue weighted by molar-refractivity contribution is -0.115. The minimum atomic E-state index is -0.207. The topological polar surface area (TPSA) is 67.8 Å². The van der Waals surface area contributed by atoms with Crippen molar-refractivity contribution < 1.29 is 4.79 Å². The Morgan fingerprint density at radius 2 is 2.37 bits per heavy atom. The van der Waals surface area contributed by atoms with Crippen molar-refractivity contribution in [2.24, 2.45) is 0 Å². The van der Waals surface area contributed by atoms with Gasteiger partial charge in [0.15, 0.2) is 9.47 Å². The van der Waals surface area contributed by atoms with Crippen LogP contribution in [0.25, 0.3) is 0 Å². The smallest absolute Gasteiger partial charge is 0.239 e. The Morgan fingerprint density at radius 3 is 3.05 bits per heavy atom. The Kier molecular flexibility index (Phi) is 3.81. The van der Waals surface area contributed by atoms with Crippen molar-refractivity contribution in [3.8, 4) is 0 Å². The van der Waals surface area contributed by atoms with Gasteiger partial charge in [0.25, 0.3) is 0 Å². The first kappa shape index (κ1) is 13.0. The number of nitrogens with zero attached hydrogens (tertiary/aromatic N) is 3. The monoisotopic (exact) mass is 312 g/mol. The van der Waals surface area contributed by atoms with Crippen LogP contribution >= 0.6 is 34.4 Å².